The van der Waals surface area contributed by atoms with Gasteiger partial charge in [-0.25, -0.2) is 17.2 Å². The first-order valence-corrected chi connectivity index (χ1v) is 8.18. The molecule has 4 nitrogen and oxygen atoms in total. The van der Waals surface area contributed by atoms with Crippen molar-refractivity contribution in [2.24, 2.45) is 0 Å². The molecule has 0 spiro atoms. The molecule has 2 aromatic rings. The van der Waals surface area contributed by atoms with Crippen LogP contribution in [-0.2, 0) is 9.84 Å². The fourth-order valence-electron chi connectivity index (χ4n) is 1.77. The van der Waals surface area contributed by atoms with Crippen LogP contribution in [0.5, 0.6) is 0 Å². The van der Waals surface area contributed by atoms with Gasteiger partial charge in [0.05, 0.1) is 4.75 Å². The van der Waals surface area contributed by atoms with Gasteiger partial charge >= 0.3 is 0 Å². The number of benzene rings is 1. The molecule has 0 aliphatic rings. The lowest BCUT2D eigenvalue weighted by Crippen LogP contribution is -2.38. The van der Waals surface area contributed by atoms with E-state index in [1.54, 1.807) is 19.9 Å². The van der Waals surface area contributed by atoms with Gasteiger partial charge in [-0.15, -0.1) is 0 Å². The second kappa shape index (κ2) is 5.22. The lowest BCUT2D eigenvalue weighted by molar-refractivity contribution is 0.560. The van der Waals surface area contributed by atoms with Crippen LogP contribution in [0.3, 0.4) is 0 Å². The summed E-state index contributed by atoms with van der Waals surface area (Å²) in [5, 5.41) is 3.21. The summed E-state index contributed by atoms with van der Waals surface area (Å²) in [6, 6.07) is 3.49. The topological polar surface area (TPSA) is 59.1 Å². The summed E-state index contributed by atoms with van der Waals surface area (Å²) in [5.74, 6) is -1.46. The molecular formula is C14H16F2N2O2S. The van der Waals surface area contributed by atoms with Gasteiger partial charge in [-0.3, -0.25) is 4.98 Å². The minimum Gasteiger partial charge on any atom is -0.383 e. The molecule has 2 rings (SSSR count). The average molecular weight is 314 g/mol. The van der Waals surface area contributed by atoms with Gasteiger partial charge in [-0.2, -0.15) is 0 Å². The second-order valence-corrected chi connectivity index (χ2v) is 8.18. The van der Waals surface area contributed by atoms with Crippen LogP contribution in [0, 0.1) is 11.6 Å². The lowest BCUT2D eigenvalue weighted by Gasteiger charge is -2.23. The van der Waals surface area contributed by atoms with Crippen LogP contribution in [-0.4, -0.2) is 30.9 Å². The smallest absolute Gasteiger partial charge is 0.154 e. The van der Waals surface area contributed by atoms with Crippen molar-refractivity contribution in [1.82, 2.24) is 4.98 Å². The largest absolute Gasteiger partial charge is 0.383 e. The Morgan fingerprint density at radius 1 is 1.29 bits per heavy atom. The fourth-order valence-corrected chi connectivity index (χ4v) is 2.11. The SMILES string of the molecule is CC(C)(CNc1ccnc2c(F)cc(F)cc12)S(C)(=O)=O. The maximum absolute atomic E-state index is 13.7. The molecule has 1 aromatic carbocycles. The molecule has 0 aliphatic carbocycles. The van der Waals surface area contributed by atoms with Gasteiger partial charge in [0, 0.05) is 36.1 Å². The third-order valence-corrected chi connectivity index (χ3v) is 5.62. The van der Waals surface area contributed by atoms with Gasteiger partial charge in [0.25, 0.3) is 0 Å². The Hall–Kier alpha value is -1.76. The Morgan fingerprint density at radius 3 is 2.57 bits per heavy atom. The summed E-state index contributed by atoms with van der Waals surface area (Å²) in [4.78, 5) is 3.88. The van der Waals surface area contributed by atoms with Gasteiger partial charge in [0.15, 0.2) is 15.7 Å². The number of halogens is 2. The Morgan fingerprint density at radius 2 is 1.95 bits per heavy atom. The molecule has 0 bridgehead atoms. The van der Waals surface area contributed by atoms with Crippen LogP contribution >= 0.6 is 0 Å². The number of aromatic nitrogens is 1. The molecule has 1 N–H and O–H groups in total. The Kier molecular flexibility index (Phi) is 3.88. The quantitative estimate of drug-likeness (QED) is 0.943. The molecule has 21 heavy (non-hydrogen) atoms. The molecule has 0 saturated heterocycles. The highest BCUT2D eigenvalue weighted by molar-refractivity contribution is 7.92. The lowest BCUT2D eigenvalue weighted by atomic mass is 10.1. The van der Waals surface area contributed by atoms with Crippen molar-refractivity contribution in [3.63, 3.8) is 0 Å². The van der Waals surface area contributed by atoms with Gasteiger partial charge < -0.3 is 5.32 Å². The minimum absolute atomic E-state index is 0.0403. The van der Waals surface area contributed by atoms with Gasteiger partial charge in [-0.1, -0.05) is 0 Å². The van der Waals surface area contributed by atoms with Crippen molar-refractivity contribution >= 4 is 26.4 Å². The van der Waals surface area contributed by atoms with Crippen molar-refractivity contribution in [3.8, 4) is 0 Å². The number of rotatable bonds is 4. The van der Waals surface area contributed by atoms with E-state index in [1.807, 2.05) is 0 Å². The number of hydrogen-bond donors (Lipinski definition) is 1. The zero-order chi connectivity index (χ0) is 15.8. The molecule has 7 heteroatoms. The van der Waals surface area contributed by atoms with E-state index >= 15 is 0 Å². The third-order valence-electron chi connectivity index (χ3n) is 3.47. The first-order valence-electron chi connectivity index (χ1n) is 6.29. The molecular weight excluding hydrogens is 298 g/mol. The predicted molar refractivity (Wildman–Crippen MR) is 79.1 cm³/mol. The van der Waals surface area contributed by atoms with E-state index in [1.165, 1.54) is 12.3 Å². The van der Waals surface area contributed by atoms with E-state index in [0.29, 0.717) is 5.69 Å². The van der Waals surface area contributed by atoms with E-state index in [2.05, 4.69) is 10.3 Å². The molecule has 0 unspecified atom stereocenters. The van der Waals surface area contributed by atoms with E-state index in [-0.39, 0.29) is 17.4 Å². The van der Waals surface area contributed by atoms with Crippen LogP contribution in [0.1, 0.15) is 13.8 Å². The van der Waals surface area contributed by atoms with E-state index in [0.717, 1.165) is 12.3 Å². The van der Waals surface area contributed by atoms with Gasteiger partial charge in [-0.05, 0) is 26.0 Å². The monoisotopic (exact) mass is 314 g/mol. The van der Waals surface area contributed by atoms with Crippen molar-refractivity contribution in [3.05, 3.63) is 36.0 Å². The Labute approximate surface area is 122 Å². The van der Waals surface area contributed by atoms with Gasteiger partial charge in [0.2, 0.25) is 0 Å². The number of nitrogens with zero attached hydrogens (tertiary/aromatic N) is 1. The third kappa shape index (κ3) is 3.12. The summed E-state index contributed by atoms with van der Waals surface area (Å²) in [7, 11) is -3.27. The molecule has 1 aromatic heterocycles. The number of fused-ring (bicyclic) bond motifs is 1. The standard InChI is InChI=1S/C14H16F2N2O2S/c1-14(2,21(3,19)20)8-18-12-4-5-17-13-10(12)6-9(15)7-11(13)16/h4-7H,8H2,1-3H3,(H,17,18). The minimum atomic E-state index is -3.27. The van der Waals surface area contributed by atoms with Crippen molar-refractivity contribution in [1.29, 1.82) is 0 Å². The molecule has 0 atom stereocenters. The van der Waals surface area contributed by atoms with Crippen molar-refractivity contribution < 1.29 is 17.2 Å². The molecule has 0 radical (unpaired) electrons. The molecule has 0 fully saturated rings. The molecule has 114 valence electrons. The summed E-state index contributed by atoms with van der Waals surface area (Å²) < 4.78 is 49.4. The molecule has 1 heterocycles. The van der Waals surface area contributed by atoms with E-state index in [4.69, 9.17) is 0 Å². The highest BCUT2D eigenvalue weighted by Crippen LogP contribution is 2.26. The maximum Gasteiger partial charge on any atom is 0.154 e. The summed E-state index contributed by atoms with van der Waals surface area (Å²) in [6.07, 6.45) is 2.54. The first-order chi connectivity index (χ1) is 9.62. The van der Waals surface area contributed by atoms with Crippen LogP contribution in [0.15, 0.2) is 24.4 Å². The Balaban J connectivity index is 2.40. The Bertz CT molecular complexity index is 789. The zero-order valence-electron chi connectivity index (χ0n) is 11.9. The fraction of sp³-hybridized carbons (Fsp3) is 0.357. The highest BCUT2D eigenvalue weighted by Gasteiger charge is 2.30. The second-order valence-electron chi connectivity index (χ2n) is 5.53. The maximum atomic E-state index is 13.7. The molecule has 0 amide bonds. The summed E-state index contributed by atoms with van der Waals surface area (Å²) in [6.45, 7) is 3.28. The van der Waals surface area contributed by atoms with Crippen molar-refractivity contribution in [2.75, 3.05) is 18.1 Å². The molecule has 0 saturated carbocycles. The number of nitrogens with one attached hydrogen (secondary N) is 1. The van der Waals surface area contributed by atoms with Crippen molar-refractivity contribution in [2.45, 2.75) is 18.6 Å². The van der Waals surface area contributed by atoms with E-state index in [9.17, 15) is 17.2 Å². The highest BCUT2D eigenvalue weighted by atomic mass is 32.2. The normalized spacial score (nSPS) is 12.6. The summed E-state index contributed by atoms with van der Waals surface area (Å²) in [5.41, 5.74) is 0.480. The number of sulfone groups is 1. The number of pyridine rings is 1. The number of anilines is 1. The van der Waals surface area contributed by atoms with Crippen LogP contribution < -0.4 is 5.32 Å². The number of hydrogen-bond acceptors (Lipinski definition) is 4. The predicted octanol–water partition coefficient (Wildman–Crippen LogP) is 2.75. The van der Waals surface area contributed by atoms with Crippen LogP contribution in [0.25, 0.3) is 10.9 Å². The zero-order valence-corrected chi connectivity index (χ0v) is 12.8. The van der Waals surface area contributed by atoms with Crippen LogP contribution in [0.2, 0.25) is 0 Å². The average Bonchev–Trinajstić information content (AvgIpc) is 2.35. The molecule has 0 aliphatic heterocycles. The first kappa shape index (κ1) is 15.6. The van der Waals surface area contributed by atoms with Crippen LogP contribution in [0.4, 0.5) is 14.5 Å². The van der Waals surface area contributed by atoms with E-state index < -0.39 is 26.2 Å². The summed E-state index contributed by atoms with van der Waals surface area (Å²) >= 11 is 0. The van der Waals surface area contributed by atoms with Gasteiger partial charge in [0.1, 0.15) is 11.3 Å².